The van der Waals surface area contributed by atoms with E-state index in [-0.39, 0.29) is 0 Å². The van der Waals surface area contributed by atoms with Crippen molar-refractivity contribution in [2.75, 3.05) is 14.2 Å². The van der Waals surface area contributed by atoms with E-state index >= 15 is 0 Å². The maximum Gasteiger partial charge on any atom is 0.124 e. The van der Waals surface area contributed by atoms with Gasteiger partial charge in [0.15, 0.2) is 0 Å². The van der Waals surface area contributed by atoms with E-state index in [1.54, 1.807) is 14.2 Å². The summed E-state index contributed by atoms with van der Waals surface area (Å²) in [5, 5.41) is 3.80. The van der Waals surface area contributed by atoms with Gasteiger partial charge in [-0.2, -0.15) is 0 Å². The Bertz CT molecular complexity index is 425. The Morgan fingerprint density at radius 2 is 1.86 bits per heavy atom. The highest BCUT2D eigenvalue weighted by Gasteiger charge is 2.16. The van der Waals surface area contributed by atoms with Crippen molar-refractivity contribution >= 4 is 0 Å². The van der Waals surface area contributed by atoms with Crippen LogP contribution in [0.2, 0.25) is 0 Å². The molecule has 3 nitrogen and oxygen atoms in total. The van der Waals surface area contributed by atoms with Crippen molar-refractivity contribution < 1.29 is 9.47 Å². The number of hydrogen-bond donors (Lipinski definition) is 1. The Hall–Kier alpha value is -1.06. The zero-order chi connectivity index (χ0) is 15.1. The lowest BCUT2D eigenvalue weighted by Gasteiger charge is -2.23. The molecule has 0 amide bonds. The van der Waals surface area contributed by atoms with Gasteiger partial charge in [-0.05, 0) is 37.5 Å². The quantitative estimate of drug-likeness (QED) is 0.796. The van der Waals surface area contributed by atoms with E-state index in [1.807, 2.05) is 0 Å². The highest BCUT2D eigenvalue weighted by Crippen LogP contribution is 2.26. The maximum atomic E-state index is 5.40. The second-order valence-electron chi connectivity index (χ2n) is 6.08. The van der Waals surface area contributed by atoms with E-state index in [9.17, 15) is 0 Å². The first kappa shape index (κ1) is 16.3. The average Bonchev–Trinajstić information content (AvgIpc) is 2.76. The van der Waals surface area contributed by atoms with Crippen LogP contribution in [0.5, 0.6) is 5.75 Å². The van der Waals surface area contributed by atoms with Gasteiger partial charge in [0.25, 0.3) is 0 Å². The minimum atomic E-state index is 0.370. The maximum absolute atomic E-state index is 5.40. The fourth-order valence-corrected chi connectivity index (χ4v) is 3.23. The molecule has 0 saturated heterocycles. The summed E-state index contributed by atoms with van der Waals surface area (Å²) in [6.07, 6.45) is 8.14. The van der Waals surface area contributed by atoms with Crippen molar-refractivity contribution in [3.05, 3.63) is 29.3 Å². The molecule has 118 valence electrons. The molecule has 1 aliphatic carbocycles. The van der Waals surface area contributed by atoms with Crippen LogP contribution in [0.15, 0.2) is 18.2 Å². The molecule has 3 heteroatoms. The van der Waals surface area contributed by atoms with E-state index in [0.717, 1.165) is 11.3 Å². The molecule has 1 fully saturated rings. The van der Waals surface area contributed by atoms with Gasteiger partial charge in [0.2, 0.25) is 0 Å². The summed E-state index contributed by atoms with van der Waals surface area (Å²) >= 11 is 0. The fourth-order valence-electron chi connectivity index (χ4n) is 3.23. The zero-order valence-corrected chi connectivity index (χ0v) is 13.7. The molecule has 1 aromatic rings. The molecule has 0 bridgehead atoms. The van der Waals surface area contributed by atoms with Crippen LogP contribution < -0.4 is 10.1 Å². The number of methoxy groups -OCH3 is 2. The largest absolute Gasteiger partial charge is 0.496 e. The topological polar surface area (TPSA) is 30.5 Å². The molecule has 1 aliphatic rings. The predicted molar refractivity (Wildman–Crippen MR) is 86.7 cm³/mol. The third-order valence-corrected chi connectivity index (χ3v) is 4.45. The van der Waals surface area contributed by atoms with Crippen LogP contribution >= 0.6 is 0 Å². The molecule has 0 aromatic heterocycles. The second kappa shape index (κ2) is 8.40. The van der Waals surface area contributed by atoms with Gasteiger partial charge >= 0.3 is 0 Å². The first-order valence-corrected chi connectivity index (χ1v) is 8.16. The van der Waals surface area contributed by atoms with E-state index in [2.05, 4.69) is 30.4 Å². The summed E-state index contributed by atoms with van der Waals surface area (Å²) in [5.74, 6) is 0.905. The van der Waals surface area contributed by atoms with Crippen molar-refractivity contribution in [3.63, 3.8) is 0 Å². The molecule has 1 N–H and O–H groups in total. The van der Waals surface area contributed by atoms with Gasteiger partial charge in [-0.1, -0.05) is 31.7 Å². The van der Waals surface area contributed by atoms with Crippen LogP contribution in [0.3, 0.4) is 0 Å². The standard InChI is InChI=1S/C18H29NO2/c1-14(19-17-8-6-4-5-7-9-17)15-10-11-18(21-3)16(12-15)13-20-2/h10-12,14,17,19H,4-9,13H2,1-3H3. The molecular formula is C18H29NO2. The van der Waals surface area contributed by atoms with Crippen LogP contribution in [0.25, 0.3) is 0 Å². The third kappa shape index (κ3) is 4.72. The average molecular weight is 291 g/mol. The van der Waals surface area contributed by atoms with Gasteiger partial charge in [-0.15, -0.1) is 0 Å². The number of rotatable bonds is 6. The molecular weight excluding hydrogens is 262 g/mol. The summed E-state index contributed by atoms with van der Waals surface area (Å²) in [7, 11) is 3.43. The third-order valence-electron chi connectivity index (χ3n) is 4.45. The first-order valence-electron chi connectivity index (χ1n) is 8.16. The summed E-state index contributed by atoms with van der Waals surface area (Å²) in [5.41, 5.74) is 2.43. The van der Waals surface area contributed by atoms with Gasteiger partial charge in [-0.3, -0.25) is 0 Å². The van der Waals surface area contributed by atoms with Gasteiger partial charge in [-0.25, -0.2) is 0 Å². The lowest BCUT2D eigenvalue weighted by molar-refractivity contribution is 0.181. The Morgan fingerprint density at radius 1 is 1.14 bits per heavy atom. The van der Waals surface area contributed by atoms with Crippen LogP contribution in [-0.4, -0.2) is 20.3 Å². The first-order chi connectivity index (χ1) is 10.2. The van der Waals surface area contributed by atoms with E-state index in [1.165, 1.54) is 44.1 Å². The van der Waals surface area contributed by atoms with Gasteiger partial charge < -0.3 is 14.8 Å². The molecule has 1 aromatic carbocycles. The van der Waals surface area contributed by atoms with Crippen molar-refractivity contribution in [1.29, 1.82) is 0 Å². The van der Waals surface area contributed by atoms with Gasteiger partial charge in [0.1, 0.15) is 5.75 Å². The van der Waals surface area contributed by atoms with Gasteiger partial charge in [0, 0.05) is 24.8 Å². The summed E-state index contributed by atoms with van der Waals surface area (Å²) in [6, 6.07) is 7.45. The number of nitrogens with one attached hydrogen (secondary N) is 1. The smallest absolute Gasteiger partial charge is 0.124 e. The zero-order valence-electron chi connectivity index (χ0n) is 13.7. The van der Waals surface area contributed by atoms with Crippen molar-refractivity contribution in [3.8, 4) is 5.75 Å². The minimum absolute atomic E-state index is 0.370. The molecule has 0 spiro atoms. The lowest BCUT2D eigenvalue weighted by atomic mass is 10.0. The summed E-state index contributed by atoms with van der Waals surface area (Å²) in [6.45, 7) is 2.84. The molecule has 21 heavy (non-hydrogen) atoms. The van der Waals surface area contributed by atoms with E-state index < -0.39 is 0 Å². The Labute approximate surface area is 129 Å². The minimum Gasteiger partial charge on any atom is -0.496 e. The second-order valence-corrected chi connectivity index (χ2v) is 6.08. The van der Waals surface area contributed by atoms with Crippen molar-refractivity contribution in [1.82, 2.24) is 5.32 Å². The molecule has 1 atom stereocenters. The van der Waals surface area contributed by atoms with Gasteiger partial charge in [0.05, 0.1) is 13.7 Å². The number of hydrogen-bond acceptors (Lipinski definition) is 3. The highest BCUT2D eigenvalue weighted by atomic mass is 16.5. The molecule has 0 heterocycles. The molecule has 0 radical (unpaired) electrons. The lowest BCUT2D eigenvalue weighted by Crippen LogP contribution is -2.31. The fraction of sp³-hybridized carbons (Fsp3) is 0.667. The van der Waals surface area contributed by atoms with Crippen molar-refractivity contribution in [2.24, 2.45) is 0 Å². The number of benzene rings is 1. The van der Waals surface area contributed by atoms with Crippen LogP contribution in [0.1, 0.15) is 62.6 Å². The van der Waals surface area contributed by atoms with Crippen LogP contribution in [-0.2, 0) is 11.3 Å². The Kier molecular flexibility index (Phi) is 6.52. The summed E-state index contributed by atoms with van der Waals surface area (Å²) in [4.78, 5) is 0. The number of ether oxygens (including phenoxy) is 2. The highest BCUT2D eigenvalue weighted by molar-refractivity contribution is 5.38. The van der Waals surface area contributed by atoms with Crippen molar-refractivity contribution in [2.45, 2.75) is 64.1 Å². The van der Waals surface area contributed by atoms with E-state index in [4.69, 9.17) is 9.47 Å². The molecule has 1 saturated carbocycles. The molecule has 0 aliphatic heterocycles. The summed E-state index contributed by atoms with van der Waals surface area (Å²) < 4.78 is 10.7. The van der Waals surface area contributed by atoms with Crippen LogP contribution in [0.4, 0.5) is 0 Å². The predicted octanol–water partition coefficient (Wildman–Crippen LogP) is 4.22. The SMILES string of the molecule is COCc1cc(C(C)NC2CCCCCC2)ccc1OC. The normalized spacial score (nSPS) is 18.2. The van der Waals surface area contributed by atoms with E-state index in [0.29, 0.717) is 18.7 Å². The molecule has 2 rings (SSSR count). The Balaban J connectivity index is 2.03. The monoisotopic (exact) mass is 291 g/mol. The Morgan fingerprint density at radius 3 is 2.48 bits per heavy atom. The molecule has 1 unspecified atom stereocenters. The van der Waals surface area contributed by atoms with Crippen LogP contribution in [0, 0.1) is 0 Å².